The first-order chi connectivity index (χ1) is 12.5. The van der Waals surface area contributed by atoms with E-state index in [-0.39, 0.29) is 5.41 Å². The van der Waals surface area contributed by atoms with Gasteiger partial charge in [-0.3, -0.25) is 9.48 Å². The summed E-state index contributed by atoms with van der Waals surface area (Å²) in [6.07, 6.45) is -1.55. The van der Waals surface area contributed by atoms with Crippen molar-refractivity contribution >= 4 is 11.6 Å². The third kappa shape index (κ3) is 4.34. The molecule has 3 rings (SSSR count). The third-order valence-corrected chi connectivity index (χ3v) is 4.76. The number of hydrogen-bond donors (Lipinski definition) is 0. The topological polar surface area (TPSA) is 38.1 Å². The summed E-state index contributed by atoms with van der Waals surface area (Å²) < 4.78 is 40.9. The number of aryl methyl sites for hydroxylation is 1. The van der Waals surface area contributed by atoms with Gasteiger partial charge in [-0.2, -0.15) is 18.3 Å². The maximum atomic E-state index is 13.3. The van der Waals surface area contributed by atoms with Crippen molar-refractivity contribution in [2.75, 3.05) is 11.4 Å². The van der Waals surface area contributed by atoms with Crippen LogP contribution in [-0.4, -0.2) is 22.2 Å². The number of rotatable bonds is 4. The van der Waals surface area contributed by atoms with Crippen LogP contribution in [0.3, 0.4) is 0 Å². The number of carbonyl (C=O) groups excluding carboxylic acids is 1. The van der Waals surface area contributed by atoms with E-state index in [1.807, 2.05) is 24.3 Å². The Morgan fingerprint density at radius 1 is 1.19 bits per heavy atom. The van der Waals surface area contributed by atoms with Crippen LogP contribution in [0.4, 0.5) is 18.9 Å². The largest absolute Gasteiger partial charge is 0.435 e. The van der Waals surface area contributed by atoms with Crippen LogP contribution in [0.15, 0.2) is 30.5 Å². The maximum Gasteiger partial charge on any atom is 0.435 e. The molecule has 1 heterocycles. The van der Waals surface area contributed by atoms with Crippen LogP contribution in [-0.2, 0) is 18.6 Å². The fourth-order valence-electron chi connectivity index (χ4n) is 3.01. The molecule has 0 unspecified atom stereocenters. The fourth-order valence-corrected chi connectivity index (χ4v) is 3.01. The van der Waals surface area contributed by atoms with Crippen molar-refractivity contribution in [1.29, 1.82) is 0 Å². The molecule has 0 aliphatic heterocycles. The molecule has 1 aliphatic carbocycles. The van der Waals surface area contributed by atoms with Crippen LogP contribution >= 0.6 is 0 Å². The lowest BCUT2D eigenvalue weighted by Gasteiger charge is -2.25. The first-order valence-corrected chi connectivity index (χ1v) is 9.00. The Balaban J connectivity index is 1.97. The normalized spacial score (nSPS) is 15.1. The van der Waals surface area contributed by atoms with Gasteiger partial charge in [-0.05, 0) is 41.9 Å². The maximum absolute atomic E-state index is 13.3. The molecule has 2 aromatic rings. The molecule has 1 amide bonds. The summed E-state index contributed by atoms with van der Waals surface area (Å²) >= 11 is 0. The average molecular weight is 379 g/mol. The number of halogens is 3. The van der Waals surface area contributed by atoms with Crippen LogP contribution in [0.1, 0.15) is 55.2 Å². The highest BCUT2D eigenvalue weighted by atomic mass is 19.4. The lowest BCUT2D eigenvalue weighted by atomic mass is 9.87. The molecule has 7 heteroatoms. The molecule has 4 nitrogen and oxygen atoms in total. The highest BCUT2D eigenvalue weighted by Gasteiger charge is 2.40. The molecule has 0 spiro atoms. The van der Waals surface area contributed by atoms with E-state index < -0.39 is 23.3 Å². The van der Waals surface area contributed by atoms with Gasteiger partial charge in [0.05, 0.1) is 5.56 Å². The number of carbonyl (C=O) groups is 1. The number of aromatic nitrogens is 2. The van der Waals surface area contributed by atoms with Gasteiger partial charge in [0.1, 0.15) is 0 Å². The Hall–Kier alpha value is -2.31. The Labute approximate surface area is 157 Å². The molecule has 1 saturated carbocycles. The van der Waals surface area contributed by atoms with E-state index >= 15 is 0 Å². The van der Waals surface area contributed by atoms with Crippen molar-refractivity contribution in [3.8, 4) is 0 Å². The van der Waals surface area contributed by atoms with Gasteiger partial charge in [0.15, 0.2) is 5.69 Å². The number of amides is 1. The Kier molecular flexibility index (Phi) is 4.82. The molecule has 146 valence electrons. The Morgan fingerprint density at radius 3 is 2.26 bits per heavy atom. The van der Waals surface area contributed by atoms with Gasteiger partial charge in [-0.25, -0.2) is 0 Å². The van der Waals surface area contributed by atoms with Crippen molar-refractivity contribution in [2.24, 2.45) is 13.0 Å². The first kappa shape index (κ1) is 19.5. The standard InChI is InChI=1S/C20H24F3N3O/c1-19(2,3)14-7-9-15(10-8-14)26(11-13-5-6-13)18(27)16-12-25(4)24-17(16)20(21,22)23/h7-10,12-13H,5-6,11H2,1-4H3. The molecule has 1 aromatic carbocycles. The fraction of sp³-hybridized carbons (Fsp3) is 0.500. The van der Waals surface area contributed by atoms with Crippen molar-refractivity contribution in [1.82, 2.24) is 9.78 Å². The predicted octanol–water partition coefficient (Wildman–Crippen LogP) is 4.79. The van der Waals surface area contributed by atoms with E-state index in [0.29, 0.717) is 18.2 Å². The second kappa shape index (κ2) is 6.69. The van der Waals surface area contributed by atoms with Crippen LogP contribution < -0.4 is 4.90 Å². The van der Waals surface area contributed by atoms with E-state index in [0.717, 1.165) is 29.3 Å². The molecule has 1 fully saturated rings. The van der Waals surface area contributed by atoms with Crippen LogP contribution in [0.2, 0.25) is 0 Å². The number of anilines is 1. The Morgan fingerprint density at radius 2 is 1.78 bits per heavy atom. The molecule has 0 N–H and O–H groups in total. The molecule has 1 aromatic heterocycles. The lowest BCUT2D eigenvalue weighted by Crippen LogP contribution is -2.34. The Bertz CT molecular complexity index is 828. The quantitative estimate of drug-likeness (QED) is 0.766. The number of benzene rings is 1. The van der Waals surface area contributed by atoms with Gasteiger partial charge in [0, 0.05) is 25.5 Å². The van der Waals surface area contributed by atoms with Gasteiger partial charge in [-0.1, -0.05) is 32.9 Å². The molecule has 27 heavy (non-hydrogen) atoms. The summed E-state index contributed by atoms with van der Waals surface area (Å²) in [5, 5.41) is 3.46. The van der Waals surface area contributed by atoms with E-state index in [1.54, 1.807) is 0 Å². The molecule has 0 radical (unpaired) electrons. The first-order valence-electron chi connectivity index (χ1n) is 9.00. The van der Waals surface area contributed by atoms with E-state index in [9.17, 15) is 18.0 Å². The van der Waals surface area contributed by atoms with Gasteiger partial charge < -0.3 is 4.90 Å². The van der Waals surface area contributed by atoms with Gasteiger partial charge in [-0.15, -0.1) is 0 Å². The number of nitrogens with zero attached hydrogens (tertiary/aromatic N) is 3. The monoisotopic (exact) mass is 379 g/mol. The van der Waals surface area contributed by atoms with Crippen molar-refractivity contribution in [3.05, 3.63) is 47.3 Å². The van der Waals surface area contributed by atoms with Crippen LogP contribution in [0, 0.1) is 5.92 Å². The summed E-state index contributed by atoms with van der Waals surface area (Å²) in [4.78, 5) is 14.5. The van der Waals surface area contributed by atoms with Crippen LogP contribution in [0.25, 0.3) is 0 Å². The summed E-state index contributed by atoms with van der Waals surface area (Å²) in [5.74, 6) is -0.326. The van der Waals surface area contributed by atoms with E-state index in [1.165, 1.54) is 11.9 Å². The predicted molar refractivity (Wildman–Crippen MR) is 97.8 cm³/mol. The SMILES string of the molecule is Cn1cc(C(=O)N(CC2CC2)c2ccc(C(C)(C)C)cc2)c(C(F)(F)F)n1. The number of hydrogen-bond acceptors (Lipinski definition) is 2. The van der Waals surface area contributed by atoms with Crippen molar-refractivity contribution in [2.45, 2.75) is 45.2 Å². The zero-order valence-corrected chi connectivity index (χ0v) is 16.0. The summed E-state index contributed by atoms with van der Waals surface area (Å²) in [6, 6.07) is 7.47. The van der Waals surface area contributed by atoms with Gasteiger partial charge in [0.2, 0.25) is 0 Å². The van der Waals surface area contributed by atoms with E-state index in [4.69, 9.17) is 0 Å². The second-order valence-electron chi connectivity index (χ2n) is 8.22. The van der Waals surface area contributed by atoms with Crippen molar-refractivity contribution < 1.29 is 18.0 Å². The third-order valence-electron chi connectivity index (χ3n) is 4.76. The molecule has 0 saturated heterocycles. The minimum absolute atomic E-state index is 0.0450. The summed E-state index contributed by atoms with van der Waals surface area (Å²) in [6.45, 7) is 6.67. The minimum atomic E-state index is -4.67. The van der Waals surface area contributed by atoms with Crippen LogP contribution in [0.5, 0.6) is 0 Å². The zero-order chi connectivity index (χ0) is 20.0. The highest BCUT2D eigenvalue weighted by Crippen LogP contribution is 2.35. The van der Waals surface area contributed by atoms with E-state index in [2.05, 4.69) is 25.9 Å². The molecule has 0 atom stereocenters. The zero-order valence-electron chi connectivity index (χ0n) is 16.0. The highest BCUT2D eigenvalue weighted by molar-refractivity contribution is 6.06. The summed E-state index contributed by atoms with van der Waals surface area (Å²) in [5.41, 5.74) is 0.114. The summed E-state index contributed by atoms with van der Waals surface area (Å²) in [7, 11) is 1.38. The minimum Gasteiger partial charge on any atom is -0.308 e. The average Bonchev–Trinajstić information content (AvgIpc) is 3.29. The smallest absolute Gasteiger partial charge is 0.308 e. The van der Waals surface area contributed by atoms with Crippen molar-refractivity contribution in [3.63, 3.8) is 0 Å². The lowest BCUT2D eigenvalue weighted by molar-refractivity contribution is -0.141. The number of alkyl halides is 3. The molecular formula is C20H24F3N3O. The van der Waals surface area contributed by atoms with Gasteiger partial charge in [0.25, 0.3) is 5.91 Å². The molecule has 1 aliphatic rings. The molecular weight excluding hydrogens is 355 g/mol. The molecule has 0 bridgehead atoms. The second-order valence-corrected chi connectivity index (χ2v) is 8.22. The van der Waals surface area contributed by atoms with Gasteiger partial charge >= 0.3 is 6.18 Å².